The van der Waals surface area contributed by atoms with Crippen molar-refractivity contribution in [3.8, 4) is 5.75 Å². The Bertz CT molecular complexity index is 948. The Hall–Kier alpha value is -2.99. The van der Waals surface area contributed by atoms with Crippen LogP contribution in [0.25, 0.3) is 11.0 Å². The fourth-order valence-electron chi connectivity index (χ4n) is 2.43. The summed E-state index contributed by atoms with van der Waals surface area (Å²) in [5.41, 5.74) is 1.65. The minimum atomic E-state index is -0.958. The zero-order valence-electron chi connectivity index (χ0n) is 13.9. The number of phenolic OH excluding ortho intramolecular Hbond substituents is 1. The number of ether oxygens (including phenoxy) is 1. The standard InChI is InChI=1S/C19H16ClNO5/c1-11(19(24)21-14-4-2-13(20)3-5-14)26-18(23)8-12-10-25-17-9-15(22)6-7-16(12)17/h2-7,9-11,22H,8H2,1H3,(H,21,24)/t11-/m0/s1. The minimum Gasteiger partial charge on any atom is -0.508 e. The molecule has 0 bridgehead atoms. The van der Waals surface area contributed by atoms with Crippen molar-refractivity contribution in [3.05, 3.63) is 59.3 Å². The van der Waals surface area contributed by atoms with Crippen molar-refractivity contribution >= 4 is 40.1 Å². The van der Waals surface area contributed by atoms with E-state index >= 15 is 0 Å². The third-order valence-corrected chi connectivity index (χ3v) is 4.02. The zero-order chi connectivity index (χ0) is 18.7. The number of fused-ring (bicyclic) bond motifs is 1. The van der Waals surface area contributed by atoms with Gasteiger partial charge in [-0.15, -0.1) is 0 Å². The molecule has 2 N–H and O–H groups in total. The molecule has 0 aliphatic carbocycles. The van der Waals surface area contributed by atoms with Crippen molar-refractivity contribution in [1.29, 1.82) is 0 Å². The summed E-state index contributed by atoms with van der Waals surface area (Å²) in [7, 11) is 0. The van der Waals surface area contributed by atoms with Gasteiger partial charge in [-0.2, -0.15) is 0 Å². The summed E-state index contributed by atoms with van der Waals surface area (Å²) in [4.78, 5) is 24.2. The Labute approximate surface area is 154 Å². The van der Waals surface area contributed by atoms with Gasteiger partial charge in [-0.25, -0.2) is 0 Å². The van der Waals surface area contributed by atoms with E-state index in [0.29, 0.717) is 27.2 Å². The van der Waals surface area contributed by atoms with Crippen molar-refractivity contribution in [2.24, 2.45) is 0 Å². The van der Waals surface area contributed by atoms with E-state index in [4.69, 9.17) is 20.8 Å². The van der Waals surface area contributed by atoms with Crippen LogP contribution < -0.4 is 5.32 Å². The number of rotatable bonds is 5. The Morgan fingerprint density at radius 1 is 1.23 bits per heavy atom. The maximum Gasteiger partial charge on any atom is 0.311 e. The van der Waals surface area contributed by atoms with Gasteiger partial charge >= 0.3 is 5.97 Å². The predicted octanol–water partition coefficient (Wildman–Crippen LogP) is 3.90. The predicted molar refractivity (Wildman–Crippen MR) is 97.2 cm³/mol. The Balaban J connectivity index is 1.59. The van der Waals surface area contributed by atoms with Crippen LogP contribution in [0.5, 0.6) is 5.75 Å². The third-order valence-electron chi connectivity index (χ3n) is 3.76. The highest BCUT2D eigenvalue weighted by Gasteiger charge is 2.19. The molecule has 0 saturated carbocycles. The Kier molecular flexibility index (Phi) is 5.14. The van der Waals surface area contributed by atoms with Gasteiger partial charge in [0.2, 0.25) is 0 Å². The number of carbonyl (C=O) groups excluding carboxylic acids is 2. The summed E-state index contributed by atoms with van der Waals surface area (Å²) in [6.07, 6.45) is 0.431. The number of hydrogen-bond donors (Lipinski definition) is 2. The maximum atomic E-state index is 12.1. The van der Waals surface area contributed by atoms with Crippen molar-refractivity contribution in [3.63, 3.8) is 0 Å². The number of amides is 1. The number of halogens is 1. The van der Waals surface area contributed by atoms with Gasteiger partial charge in [-0.3, -0.25) is 9.59 Å². The molecule has 0 unspecified atom stereocenters. The molecule has 0 aliphatic rings. The highest BCUT2D eigenvalue weighted by atomic mass is 35.5. The van der Waals surface area contributed by atoms with Crippen LogP contribution in [0.4, 0.5) is 5.69 Å². The number of esters is 1. The average molecular weight is 374 g/mol. The topological polar surface area (TPSA) is 88.8 Å². The molecule has 0 fully saturated rings. The molecule has 3 rings (SSSR count). The van der Waals surface area contributed by atoms with Crippen LogP contribution in [-0.4, -0.2) is 23.1 Å². The second-order valence-electron chi connectivity index (χ2n) is 5.75. The second kappa shape index (κ2) is 7.49. The highest BCUT2D eigenvalue weighted by molar-refractivity contribution is 6.30. The van der Waals surface area contributed by atoms with Crippen molar-refractivity contribution in [2.75, 3.05) is 5.32 Å². The zero-order valence-corrected chi connectivity index (χ0v) is 14.6. The summed E-state index contributed by atoms with van der Waals surface area (Å²) >= 11 is 5.79. The van der Waals surface area contributed by atoms with Crippen LogP contribution in [0.3, 0.4) is 0 Å². The van der Waals surface area contributed by atoms with Gasteiger partial charge in [0.1, 0.15) is 11.3 Å². The summed E-state index contributed by atoms with van der Waals surface area (Å²) in [6, 6.07) is 11.2. The fraction of sp³-hybridized carbons (Fsp3) is 0.158. The van der Waals surface area contributed by atoms with E-state index in [9.17, 15) is 14.7 Å². The van der Waals surface area contributed by atoms with E-state index in [1.165, 1.54) is 25.3 Å². The summed E-state index contributed by atoms with van der Waals surface area (Å²) < 4.78 is 10.5. The summed E-state index contributed by atoms with van der Waals surface area (Å²) in [5, 5.41) is 13.3. The number of anilines is 1. The molecule has 1 aromatic heterocycles. The van der Waals surface area contributed by atoms with E-state index in [2.05, 4.69) is 5.32 Å². The van der Waals surface area contributed by atoms with Gasteiger partial charge in [0, 0.05) is 27.7 Å². The van der Waals surface area contributed by atoms with Crippen molar-refractivity contribution < 1.29 is 23.8 Å². The van der Waals surface area contributed by atoms with E-state index in [1.807, 2.05) is 0 Å². The fourth-order valence-corrected chi connectivity index (χ4v) is 2.56. The quantitative estimate of drug-likeness (QED) is 0.662. The molecule has 1 amide bonds. The number of carbonyl (C=O) groups is 2. The van der Waals surface area contributed by atoms with Crippen LogP contribution in [0, 0.1) is 0 Å². The maximum absolute atomic E-state index is 12.1. The number of phenols is 1. The Morgan fingerprint density at radius 3 is 2.69 bits per heavy atom. The molecule has 134 valence electrons. The van der Waals surface area contributed by atoms with Gasteiger partial charge in [-0.1, -0.05) is 11.6 Å². The lowest BCUT2D eigenvalue weighted by Gasteiger charge is -2.13. The van der Waals surface area contributed by atoms with Crippen LogP contribution in [0.15, 0.2) is 53.1 Å². The van der Waals surface area contributed by atoms with Gasteiger partial charge in [-0.05, 0) is 43.3 Å². The molecule has 6 nitrogen and oxygen atoms in total. The number of nitrogens with one attached hydrogen (secondary N) is 1. The number of aromatic hydroxyl groups is 1. The first-order valence-corrected chi connectivity index (χ1v) is 8.25. The minimum absolute atomic E-state index is 0.0453. The SMILES string of the molecule is C[C@H](OC(=O)Cc1coc2cc(O)ccc12)C(=O)Nc1ccc(Cl)cc1. The summed E-state index contributed by atoms with van der Waals surface area (Å²) in [5.74, 6) is -0.921. The lowest BCUT2D eigenvalue weighted by atomic mass is 10.1. The number of furan rings is 1. The van der Waals surface area contributed by atoms with E-state index < -0.39 is 18.0 Å². The molecule has 7 heteroatoms. The molecule has 1 heterocycles. The average Bonchev–Trinajstić information content (AvgIpc) is 2.98. The van der Waals surface area contributed by atoms with Gasteiger partial charge in [0.25, 0.3) is 5.91 Å². The van der Waals surface area contributed by atoms with E-state index in [1.54, 1.807) is 30.3 Å². The second-order valence-corrected chi connectivity index (χ2v) is 6.18. The van der Waals surface area contributed by atoms with E-state index in [-0.39, 0.29) is 12.2 Å². The highest BCUT2D eigenvalue weighted by Crippen LogP contribution is 2.25. The van der Waals surface area contributed by atoms with E-state index in [0.717, 1.165) is 0 Å². The number of benzene rings is 2. The first-order chi connectivity index (χ1) is 12.4. The Morgan fingerprint density at radius 2 is 1.96 bits per heavy atom. The first kappa shape index (κ1) is 17.8. The van der Waals surface area contributed by atoms with Crippen molar-refractivity contribution in [2.45, 2.75) is 19.4 Å². The molecular weight excluding hydrogens is 358 g/mol. The summed E-state index contributed by atoms with van der Waals surface area (Å²) in [6.45, 7) is 1.49. The lowest BCUT2D eigenvalue weighted by molar-refractivity contribution is -0.152. The molecule has 2 aromatic carbocycles. The van der Waals surface area contributed by atoms with Gasteiger partial charge < -0.3 is 19.6 Å². The molecule has 0 aliphatic heterocycles. The smallest absolute Gasteiger partial charge is 0.311 e. The normalized spacial score (nSPS) is 11.9. The van der Waals surface area contributed by atoms with Crippen LogP contribution in [0.1, 0.15) is 12.5 Å². The molecule has 26 heavy (non-hydrogen) atoms. The van der Waals surface area contributed by atoms with Gasteiger partial charge in [0.15, 0.2) is 6.10 Å². The van der Waals surface area contributed by atoms with Crippen LogP contribution in [0.2, 0.25) is 5.02 Å². The molecule has 1 atom stereocenters. The molecule has 3 aromatic rings. The van der Waals surface area contributed by atoms with Gasteiger partial charge in [0.05, 0.1) is 12.7 Å². The largest absolute Gasteiger partial charge is 0.508 e. The lowest BCUT2D eigenvalue weighted by Crippen LogP contribution is -2.30. The number of hydrogen-bond acceptors (Lipinski definition) is 5. The molecule has 0 radical (unpaired) electrons. The molecular formula is C19H16ClNO5. The van der Waals surface area contributed by atoms with Crippen LogP contribution in [-0.2, 0) is 20.7 Å². The molecule has 0 spiro atoms. The monoisotopic (exact) mass is 373 g/mol. The third kappa shape index (κ3) is 4.15. The first-order valence-electron chi connectivity index (χ1n) is 7.87. The van der Waals surface area contributed by atoms with Crippen LogP contribution >= 0.6 is 11.6 Å². The van der Waals surface area contributed by atoms with Crippen molar-refractivity contribution in [1.82, 2.24) is 0 Å². The molecule has 0 saturated heterocycles.